The molecule has 9 heavy (non-hydrogen) atoms. The lowest BCUT2D eigenvalue weighted by Crippen LogP contribution is -2.25. The smallest absolute Gasteiger partial charge is 0.0386 e. The highest BCUT2D eigenvalue weighted by atomic mass is 32.2. The van der Waals surface area contributed by atoms with Crippen LogP contribution in [0.15, 0.2) is 0 Å². The van der Waals surface area contributed by atoms with Crippen molar-refractivity contribution >= 4 is 10.8 Å². The largest absolute Gasteiger partial charge is 0.327 e. The molecule has 2 atom stereocenters. The second-order valence-electron chi connectivity index (χ2n) is 2.57. The van der Waals surface area contributed by atoms with E-state index in [1.54, 1.807) is 0 Å². The van der Waals surface area contributed by atoms with Crippen LogP contribution < -0.4 is 5.73 Å². The van der Waals surface area contributed by atoms with Crippen molar-refractivity contribution in [2.75, 3.05) is 11.5 Å². The zero-order chi connectivity index (χ0) is 6.69. The molecular formula is C6H13NOS. The van der Waals surface area contributed by atoms with Crippen molar-refractivity contribution in [3.63, 3.8) is 0 Å². The van der Waals surface area contributed by atoms with E-state index in [-0.39, 0.29) is 6.04 Å². The minimum atomic E-state index is -0.613. The van der Waals surface area contributed by atoms with Gasteiger partial charge < -0.3 is 5.73 Å². The standard InChI is InChI=1S/C6H13NOS/c7-6-3-1-2-4-9(8)5-6/h6H,1-5,7H2. The summed E-state index contributed by atoms with van der Waals surface area (Å²) >= 11 is 0. The van der Waals surface area contributed by atoms with E-state index < -0.39 is 10.8 Å². The summed E-state index contributed by atoms with van der Waals surface area (Å²) in [4.78, 5) is 0. The SMILES string of the molecule is NC1CCCCS(=O)C1. The lowest BCUT2D eigenvalue weighted by atomic mass is 10.2. The van der Waals surface area contributed by atoms with Crippen molar-refractivity contribution in [1.29, 1.82) is 0 Å². The Hall–Kier alpha value is 0.110. The molecule has 0 saturated carbocycles. The van der Waals surface area contributed by atoms with Crippen molar-refractivity contribution in [3.05, 3.63) is 0 Å². The zero-order valence-corrected chi connectivity index (χ0v) is 6.32. The molecule has 0 aromatic heterocycles. The summed E-state index contributed by atoms with van der Waals surface area (Å²) in [5, 5.41) is 0. The second-order valence-corrected chi connectivity index (χ2v) is 4.19. The molecule has 1 fully saturated rings. The minimum Gasteiger partial charge on any atom is -0.327 e. The summed E-state index contributed by atoms with van der Waals surface area (Å²) in [6.45, 7) is 0. The number of rotatable bonds is 0. The van der Waals surface area contributed by atoms with Crippen LogP contribution in [0.1, 0.15) is 19.3 Å². The molecule has 1 rings (SSSR count). The molecule has 2 N–H and O–H groups in total. The summed E-state index contributed by atoms with van der Waals surface area (Å²) in [5.41, 5.74) is 5.63. The zero-order valence-electron chi connectivity index (χ0n) is 5.51. The van der Waals surface area contributed by atoms with E-state index >= 15 is 0 Å². The summed E-state index contributed by atoms with van der Waals surface area (Å²) in [6.07, 6.45) is 3.32. The second kappa shape index (κ2) is 3.32. The Morgan fingerprint density at radius 2 is 2.22 bits per heavy atom. The molecule has 0 bridgehead atoms. The lowest BCUT2D eigenvalue weighted by Gasteiger charge is -2.03. The molecule has 0 aromatic rings. The van der Waals surface area contributed by atoms with Gasteiger partial charge in [-0.2, -0.15) is 0 Å². The van der Waals surface area contributed by atoms with Crippen molar-refractivity contribution in [3.8, 4) is 0 Å². The van der Waals surface area contributed by atoms with Crippen LogP contribution in [0.5, 0.6) is 0 Å². The fourth-order valence-corrected chi connectivity index (χ4v) is 2.41. The van der Waals surface area contributed by atoms with E-state index in [4.69, 9.17) is 5.73 Å². The van der Waals surface area contributed by atoms with E-state index in [2.05, 4.69) is 0 Å². The van der Waals surface area contributed by atoms with Gasteiger partial charge >= 0.3 is 0 Å². The highest BCUT2D eigenvalue weighted by Crippen LogP contribution is 2.07. The lowest BCUT2D eigenvalue weighted by molar-refractivity contribution is 0.634. The molecule has 0 radical (unpaired) electrons. The van der Waals surface area contributed by atoms with Gasteiger partial charge in [0.15, 0.2) is 0 Å². The fraction of sp³-hybridized carbons (Fsp3) is 1.00. The van der Waals surface area contributed by atoms with E-state index in [1.807, 2.05) is 0 Å². The molecule has 3 heteroatoms. The summed E-state index contributed by atoms with van der Waals surface area (Å²) in [5.74, 6) is 1.59. The van der Waals surface area contributed by atoms with Crippen LogP contribution in [-0.2, 0) is 10.8 Å². The van der Waals surface area contributed by atoms with Gasteiger partial charge in [0, 0.05) is 28.3 Å². The third-order valence-corrected chi connectivity index (χ3v) is 3.14. The maximum Gasteiger partial charge on any atom is 0.0386 e. The first-order chi connectivity index (χ1) is 4.29. The van der Waals surface area contributed by atoms with Crippen molar-refractivity contribution in [2.24, 2.45) is 5.73 Å². The van der Waals surface area contributed by atoms with Crippen LogP contribution in [0.25, 0.3) is 0 Å². The molecule has 1 aliphatic rings. The number of hydrogen-bond donors (Lipinski definition) is 1. The van der Waals surface area contributed by atoms with Gasteiger partial charge in [-0.1, -0.05) is 6.42 Å². The first kappa shape index (κ1) is 7.22. The van der Waals surface area contributed by atoms with E-state index in [1.165, 1.54) is 0 Å². The first-order valence-corrected chi connectivity index (χ1v) is 4.88. The molecule has 1 aliphatic heterocycles. The Morgan fingerprint density at radius 3 is 3.00 bits per heavy atom. The van der Waals surface area contributed by atoms with Crippen LogP contribution in [0.3, 0.4) is 0 Å². The highest BCUT2D eigenvalue weighted by Gasteiger charge is 2.11. The van der Waals surface area contributed by atoms with Crippen molar-refractivity contribution in [1.82, 2.24) is 0 Å². The summed E-state index contributed by atoms with van der Waals surface area (Å²) in [7, 11) is -0.613. The maximum absolute atomic E-state index is 10.9. The van der Waals surface area contributed by atoms with Gasteiger partial charge in [-0.3, -0.25) is 4.21 Å². The van der Waals surface area contributed by atoms with E-state index in [0.29, 0.717) is 0 Å². The molecule has 0 aliphatic carbocycles. The molecule has 54 valence electrons. The van der Waals surface area contributed by atoms with Crippen LogP contribution in [-0.4, -0.2) is 21.8 Å². The quantitative estimate of drug-likeness (QED) is 0.533. The summed E-state index contributed by atoms with van der Waals surface area (Å²) < 4.78 is 10.9. The van der Waals surface area contributed by atoms with Gasteiger partial charge in [0.05, 0.1) is 0 Å². The third-order valence-electron chi connectivity index (χ3n) is 1.60. The van der Waals surface area contributed by atoms with Crippen LogP contribution in [0.4, 0.5) is 0 Å². The van der Waals surface area contributed by atoms with Gasteiger partial charge in [0.1, 0.15) is 0 Å². The Bertz CT molecular complexity index is 116. The monoisotopic (exact) mass is 147 g/mol. The fourth-order valence-electron chi connectivity index (χ4n) is 1.08. The Balaban J connectivity index is 2.37. The topological polar surface area (TPSA) is 43.1 Å². The van der Waals surface area contributed by atoms with Crippen LogP contribution >= 0.6 is 0 Å². The average molecular weight is 147 g/mol. The Labute approximate surface area is 58.3 Å². The predicted molar refractivity (Wildman–Crippen MR) is 39.7 cm³/mol. The van der Waals surface area contributed by atoms with Gasteiger partial charge in [-0.05, 0) is 12.8 Å². The average Bonchev–Trinajstić information content (AvgIpc) is 1.93. The minimum absolute atomic E-state index is 0.202. The summed E-state index contributed by atoms with van der Waals surface area (Å²) in [6, 6.07) is 0.202. The van der Waals surface area contributed by atoms with E-state index in [9.17, 15) is 4.21 Å². The molecule has 2 unspecified atom stereocenters. The van der Waals surface area contributed by atoms with Gasteiger partial charge in [-0.25, -0.2) is 0 Å². The van der Waals surface area contributed by atoms with Gasteiger partial charge in [-0.15, -0.1) is 0 Å². The van der Waals surface area contributed by atoms with Crippen LogP contribution in [0, 0.1) is 0 Å². The first-order valence-electron chi connectivity index (χ1n) is 3.39. The molecule has 1 saturated heterocycles. The van der Waals surface area contributed by atoms with Gasteiger partial charge in [0.25, 0.3) is 0 Å². The number of nitrogens with two attached hydrogens (primary N) is 1. The molecule has 0 amide bonds. The van der Waals surface area contributed by atoms with Crippen molar-refractivity contribution in [2.45, 2.75) is 25.3 Å². The predicted octanol–water partition coefficient (Wildman–Crippen LogP) is 0.246. The number of hydrogen-bond acceptors (Lipinski definition) is 2. The van der Waals surface area contributed by atoms with Gasteiger partial charge in [0.2, 0.25) is 0 Å². The molecule has 0 spiro atoms. The molecule has 0 aromatic carbocycles. The third kappa shape index (κ3) is 2.45. The highest BCUT2D eigenvalue weighted by molar-refractivity contribution is 7.85. The Morgan fingerprint density at radius 1 is 1.44 bits per heavy atom. The van der Waals surface area contributed by atoms with E-state index in [0.717, 1.165) is 30.8 Å². The maximum atomic E-state index is 10.9. The molecule has 1 heterocycles. The van der Waals surface area contributed by atoms with Crippen LogP contribution in [0.2, 0.25) is 0 Å². The van der Waals surface area contributed by atoms with Crippen molar-refractivity contribution < 1.29 is 4.21 Å². The normalized spacial score (nSPS) is 37.9. The Kier molecular flexibility index (Phi) is 2.66. The molecular weight excluding hydrogens is 134 g/mol. The molecule has 2 nitrogen and oxygen atoms in total.